The quantitative estimate of drug-likeness (QED) is 0.505. The van der Waals surface area contributed by atoms with Crippen molar-refractivity contribution in [2.24, 2.45) is 0 Å². The van der Waals surface area contributed by atoms with E-state index in [0.717, 1.165) is 11.8 Å². The number of carbonyl (C=O) groups is 1. The highest BCUT2D eigenvalue weighted by Gasteiger charge is 2.12. The summed E-state index contributed by atoms with van der Waals surface area (Å²) in [7, 11) is -1.44. The minimum atomic E-state index is -1.44. The van der Waals surface area contributed by atoms with E-state index in [0.29, 0.717) is 0 Å². The zero-order valence-electron chi connectivity index (χ0n) is 7.38. The van der Waals surface area contributed by atoms with Gasteiger partial charge in [-0.3, -0.25) is 4.79 Å². The molecular weight excluding hydrogens is 176 g/mol. The highest BCUT2D eigenvalue weighted by molar-refractivity contribution is 8.16. The molecule has 0 aromatic carbocycles. The van der Waals surface area contributed by atoms with E-state index < -0.39 is 8.32 Å². The van der Waals surface area contributed by atoms with Gasteiger partial charge in [0.05, 0.1) is 6.26 Å². The highest BCUT2D eigenvalue weighted by Crippen LogP contribution is 2.07. The molecule has 0 aliphatic heterocycles. The molecule has 0 aromatic rings. The van der Waals surface area contributed by atoms with Crippen molar-refractivity contribution >= 4 is 25.2 Å². The summed E-state index contributed by atoms with van der Waals surface area (Å²) < 4.78 is 5.36. The van der Waals surface area contributed by atoms with Crippen molar-refractivity contribution in [2.45, 2.75) is 26.6 Å². The Morgan fingerprint density at radius 2 is 2.00 bits per heavy atom. The lowest BCUT2D eigenvalue weighted by atomic mass is 10.9. The second-order valence-electron chi connectivity index (χ2n) is 3.11. The van der Waals surface area contributed by atoms with Gasteiger partial charge in [-0.25, -0.2) is 0 Å². The summed E-state index contributed by atoms with van der Waals surface area (Å²) in [6, 6.07) is 0. The van der Waals surface area contributed by atoms with Crippen molar-refractivity contribution in [1.29, 1.82) is 0 Å². The van der Waals surface area contributed by atoms with Crippen LogP contribution in [-0.2, 0) is 9.22 Å². The maximum atomic E-state index is 10.4. The lowest BCUT2D eigenvalue weighted by molar-refractivity contribution is -0.109. The first kappa shape index (κ1) is 10.8. The Kier molecular flexibility index (Phi) is 4.52. The van der Waals surface area contributed by atoms with Gasteiger partial charge < -0.3 is 4.43 Å². The Morgan fingerprint density at radius 3 is 2.36 bits per heavy atom. The summed E-state index contributed by atoms with van der Waals surface area (Å²) in [4.78, 5) is 10.4. The molecule has 0 N–H and O–H groups in total. The summed E-state index contributed by atoms with van der Waals surface area (Å²) in [5.41, 5.74) is 0. The zero-order chi connectivity index (χ0) is 8.91. The Hall–Kier alpha value is -0.223. The summed E-state index contributed by atoms with van der Waals surface area (Å²) in [6.07, 6.45) is 1.61. The SMILES string of the molecule is CC(=O)S/C=C\O[Si](C)(C)C. The summed E-state index contributed by atoms with van der Waals surface area (Å²) in [6.45, 7) is 7.81. The van der Waals surface area contributed by atoms with E-state index >= 15 is 0 Å². The minimum absolute atomic E-state index is 0.0837. The monoisotopic (exact) mass is 190 g/mol. The van der Waals surface area contributed by atoms with E-state index in [-0.39, 0.29) is 5.12 Å². The van der Waals surface area contributed by atoms with Crippen LogP contribution in [0.2, 0.25) is 19.6 Å². The first-order valence-electron chi connectivity index (χ1n) is 3.42. The van der Waals surface area contributed by atoms with Gasteiger partial charge in [-0.1, -0.05) is 11.8 Å². The Morgan fingerprint density at radius 1 is 1.45 bits per heavy atom. The van der Waals surface area contributed by atoms with E-state index in [1.165, 1.54) is 6.92 Å². The largest absolute Gasteiger partial charge is 0.549 e. The van der Waals surface area contributed by atoms with Crippen LogP contribution in [0.5, 0.6) is 0 Å². The molecule has 0 aliphatic carbocycles. The molecule has 0 radical (unpaired) electrons. The molecule has 4 heteroatoms. The summed E-state index contributed by atoms with van der Waals surface area (Å²) in [5, 5.41) is 1.76. The fourth-order valence-corrected chi connectivity index (χ4v) is 1.23. The smallest absolute Gasteiger partial charge is 0.241 e. The molecule has 0 heterocycles. The fourth-order valence-electron chi connectivity index (χ4n) is 0.355. The molecular formula is C7H14O2SSi. The van der Waals surface area contributed by atoms with Crippen LogP contribution in [-0.4, -0.2) is 13.4 Å². The van der Waals surface area contributed by atoms with Crippen LogP contribution in [0.3, 0.4) is 0 Å². The Bertz CT molecular complexity index is 160. The second-order valence-corrected chi connectivity index (χ2v) is 8.66. The van der Waals surface area contributed by atoms with Crippen LogP contribution in [0, 0.1) is 0 Å². The third kappa shape index (κ3) is 9.78. The van der Waals surface area contributed by atoms with E-state index in [1.807, 2.05) is 0 Å². The predicted molar refractivity (Wildman–Crippen MR) is 51.8 cm³/mol. The minimum Gasteiger partial charge on any atom is -0.549 e. The molecule has 0 unspecified atom stereocenters. The van der Waals surface area contributed by atoms with Crippen LogP contribution in [0.1, 0.15) is 6.92 Å². The number of rotatable bonds is 3. The molecule has 0 rings (SSSR count). The van der Waals surface area contributed by atoms with Gasteiger partial charge in [0.15, 0.2) is 5.12 Å². The third-order valence-electron chi connectivity index (χ3n) is 0.711. The van der Waals surface area contributed by atoms with Crippen molar-refractivity contribution in [3.05, 3.63) is 11.7 Å². The maximum absolute atomic E-state index is 10.4. The van der Waals surface area contributed by atoms with Crippen LogP contribution in [0.25, 0.3) is 0 Å². The summed E-state index contributed by atoms with van der Waals surface area (Å²) in [5.74, 6) is 0. The molecule has 11 heavy (non-hydrogen) atoms. The Balaban J connectivity index is 3.53. The molecule has 0 spiro atoms. The van der Waals surface area contributed by atoms with E-state index in [1.54, 1.807) is 11.7 Å². The molecule has 0 amide bonds. The zero-order valence-corrected chi connectivity index (χ0v) is 9.20. The fraction of sp³-hybridized carbons (Fsp3) is 0.571. The lowest BCUT2D eigenvalue weighted by Gasteiger charge is -2.14. The van der Waals surface area contributed by atoms with E-state index in [9.17, 15) is 4.79 Å². The molecule has 0 bridgehead atoms. The van der Waals surface area contributed by atoms with Crippen molar-refractivity contribution in [3.63, 3.8) is 0 Å². The molecule has 0 aromatic heterocycles. The number of hydrogen-bond acceptors (Lipinski definition) is 3. The molecule has 0 saturated heterocycles. The normalized spacial score (nSPS) is 12.0. The third-order valence-corrected chi connectivity index (χ3v) is 2.13. The lowest BCUT2D eigenvalue weighted by Crippen LogP contribution is -2.21. The Labute approximate surface area is 73.1 Å². The van der Waals surface area contributed by atoms with E-state index in [4.69, 9.17) is 4.43 Å². The van der Waals surface area contributed by atoms with Gasteiger partial charge in [0.1, 0.15) is 0 Å². The molecule has 64 valence electrons. The maximum Gasteiger partial charge on any atom is 0.241 e. The van der Waals surface area contributed by atoms with Crippen molar-refractivity contribution in [2.75, 3.05) is 0 Å². The standard InChI is InChI=1S/C7H14O2SSi/c1-7(8)10-6-5-9-11(2,3)4/h5-6H,1-4H3/b6-5-. The van der Waals surface area contributed by atoms with Crippen LogP contribution >= 0.6 is 11.8 Å². The van der Waals surface area contributed by atoms with Gasteiger partial charge in [-0.2, -0.15) is 0 Å². The molecule has 2 nitrogen and oxygen atoms in total. The van der Waals surface area contributed by atoms with Gasteiger partial charge in [0.25, 0.3) is 0 Å². The van der Waals surface area contributed by atoms with Crippen molar-refractivity contribution in [1.82, 2.24) is 0 Å². The first-order chi connectivity index (χ1) is 4.92. The van der Waals surface area contributed by atoms with E-state index in [2.05, 4.69) is 19.6 Å². The second kappa shape index (κ2) is 4.61. The number of hydrogen-bond donors (Lipinski definition) is 0. The summed E-state index contributed by atoms with van der Waals surface area (Å²) >= 11 is 1.15. The average Bonchev–Trinajstić information content (AvgIpc) is 1.78. The van der Waals surface area contributed by atoms with Crippen molar-refractivity contribution in [3.8, 4) is 0 Å². The number of carbonyl (C=O) groups excluding carboxylic acids is 1. The van der Waals surface area contributed by atoms with Gasteiger partial charge in [-0.05, 0) is 19.6 Å². The van der Waals surface area contributed by atoms with Gasteiger partial charge in [0, 0.05) is 12.3 Å². The van der Waals surface area contributed by atoms with Crippen LogP contribution < -0.4 is 0 Å². The molecule has 0 fully saturated rings. The molecule has 0 aliphatic rings. The highest BCUT2D eigenvalue weighted by atomic mass is 32.2. The molecule has 0 atom stereocenters. The predicted octanol–water partition coefficient (Wildman–Crippen LogP) is 2.59. The van der Waals surface area contributed by atoms with Gasteiger partial charge in [-0.15, -0.1) is 0 Å². The van der Waals surface area contributed by atoms with Crippen LogP contribution in [0.15, 0.2) is 11.7 Å². The van der Waals surface area contributed by atoms with Crippen molar-refractivity contribution < 1.29 is 9.22 Å². The van der Waals surface area contributed by atoms with Gasteiger partial charge >= 0.3 is 0 Å². The average molecular weight is 190 g/mol. The first-order valence-corrected chi connectivity index (χ1v) is 7.71. The van der Waals surface area contributed by atoms with Crippen LogP contribution in [0.4, 0.5) is 0 Å². The number of thioether (sulfide) groups is 1. The topological polar surface area (TPSA) is 26.3 Å². The van der Waals surface area contributed by atoms with Gasteiger partial charge in [0.2, 0.25) is 8.32 Å². The molecule has 0 saturated carbocycles.